The molecule has 1 rings (SSSR count). The lowest BCUT2D eigenvalue weighted by molar-refractivity contribution is 0.0863. The minimum Gasteiger partial charge on any atom is -0.392 e. The van der Waals surface area contributed by atoms with Crippen LogP contribution in [0.4, 0.5) is 0 Å². The highest BCUT2D eigenvalue weighted by Crippen LogP contribution is 2.39. The zero-order valence-electron chi connectivity index (χ0n) is 12.8. The molecular weight excluding hydrogens is 224 g/mol. The number of hydrogen-bond donors (Lipinski definition) is 2. The van der Waals surface area contributed by atoms with Crippen molar-refractivity contribution in [2.45, 2.75) is 59.1 Å². The molecule has 0 aromatic carbocycles. The van der Waals surface area contributed by atoms with Gasteiger partial charge in [0, 0.05) is 19.1 Å². The van der Waals surface area contributed by atoms with E-state index in [2.05, 4.69) is 32.7 Å². The maximum Gasteiger partial charge on any atom is 0.0638 e. The van der Waals surface area contributed by atoms with Crippen LogP contribution < -0.4 is 5.73 Å². The molecule has 3 nitrogen and oxygen atoms in total. The van der Waals surface area contributed by atoms with Gasteiger partial charge in [0.1, 0.15) is 0 Å². The van der Waals surface area contributed by atoms with Crippen molar-refractivity contribution in [3.8, 4) is 0 Å². The van der Waals surface area contributed by atoms with Crippen LogP contribution in [0, 0.1) is 17.3 Å². The normalized spacial score (nSPS) is 31.7. The molecular formula is C15H32N2O. The standard InChI is InChI=1S/C15H32N2O/c1-11(18)9-17(5)10-12-8-13(15(2,3)4)6-7-14(12)16/h11-14,18H,6-10,16H2,1-5H3. The van der Waals surface area contributed by atoms with Gasteiger partial charge < -0.3 is 15.7 Å². The molecule has 108 valence electrons. The van der Waals surface area contributed by atoms with E-state index in [0.717, 1.165) is 25.4 Å². The second-order valence-corrected chi connectivity index (χ2v) is 7.37. The van der Waals surface area contributed by atoms with Gasteiger partial charge >= 0.3 is 0 Å². The highest BCUT2D eigenvalue weighted by Gasteiger charge is 2.34. The van der Waals surface area contributed by atoms with Crippen molar-refractivity contribution >= 4 is 0 Å². The first-order valence-corrected chi connectivity index (χ1v) is 7.32. The molecule has 4 unspecified atom stereocenters. The molecule has 1 fully saturated rings. The van der Waals surface area contributed by atoms with Crippen LogP contribution in [0.1, 0.15) is 47.0 Å². The highest BCUT2D eigenvalue weighted by molar-refractivity contribution is 4.88. The van der Waals surface area contributed by atoms with Crippen molar-refractivity contribution < 1.29 is 5.11 Å². The van der Waals surface area contributed by atoms with Gasteiger partial charge in [-0.1, -0.05) is 20.8 Å². The first-order chi connectivity index (χ1) is 8.20. The SMILES string of the molecule is CC(O)CN(C)CC1CC(C(C)(C)C)CCC1N. The monoisotopic (exact) mass is 256 g/mol. The Bertz CT molecular complexity index is 247. The van der Waals surface area contributed by atoms with E-state index in [-0.39, 0.29) is 6.10 Å². The Morgan fingerprint density at radius 1 is 1.33 bits per heavy atom. The molecule has 0 aliphatic heterocycles. The number of hydrogen-bond acceptors (Lipinski definition) is 3. The van der Waals surface area contributed by atoms with Gasteiger partial charge in [0.25, 0.3) is 0 Å². The summed E-state index contributed by atoms with van der Waals surface area (Å²) in [5.41, 5.74) is 6.66. The van der Waals surface area contributed by atoms with Crippen molar-refractivity contribution in [3.05, 3.63) is 0 Å². The summed E-state index contributed by atoms with van der Waals surface area (Å²) in [5.74, 6) is 1.36. The largest absolute Gasteiger partial charge is 0.392 e. The Hall–Kier alpha value is -0.120. The highest BCUT2D eigenvalue weighted by atomic mass is 16.3. The molecule has 4 atom stereocenters. The summed E-state index contributed by atoms with van der Waals surface area (Å²) in [6.45, 7) is 10.6. The molecule has 0 aromatic rings. The summed E-state index contributed by atoms with van der Waals surface area (Å²) in [7, 11) is 2.08. The Balaban J connectivity index is 2.52. The molecule has 3 N–H and O–H groups in total. The van der Waals surface area contributed by atoms with E-state index in [0.29, 0.717) is 17.4 Å². The molecule has 1 aliphatic rings. The van der Waals surface area contributed by atoms with Crippen LogP contribution in [0.5, 0.6) is 0 Å². The van der Waals surface area contributed by atoms with E-state index in [1.807, 2.05) is 6.92 Å². The van der Waals surface area contributed by atoms with Crippen molar-refractivity contribution in [3.63, 3.8) is 0 Å². The third kappa shape index (κ3) is 4.87. The number of nitrogens with zero attached hydrogens (tertiary/aromatic N) is 1. The topological polar surface area (TPSA) is 49.5 Å². The van der Waals surface area contributed by atoms with Crippen LogP contribution in [0.3, 0.4) is 0 Å². The quantitative estimate of drug-likeness (QED) is 0.810. The second-order valence-electron chi connectivity index (χ2n) is 7.37. The van der Waals surface area contributed by atoms with E-state index in [1.165, 1.54) is 12.8 Å². The minimum absolute atomic E-state index is 0.256. The lowest BCUT2D eigenvalue weighted by Crippen LogP contribution is -2.45. The van der Waals surface area contributed by atoms with Gasteiger partial charge in [-0.2, -0.15) is 0 Å². The van der Waals surface area contributed by atoms with Gasteiger partial charge in [0.2, 0.25) is 0 Å². The molecule has 0 spiro atoms. The van der Waals surface area contributed by atoms with Gasteiger partial charge in [-0.05, 0) is 50.5 Å². The number of aliphatic hydroxyl groups excluding tert-OH is 1. The molecule has 18 heavy (non-hydrogen) atoms. The maximum atomic E-state index is 9.43. The average Bonchev–Trinajstić information content (AvgIpc) is 2.18. The lowest BCUT2D eigenvalue weighted by Gasteiger charge is -2.42. The second kappa shape index (κ2) is 6.36. The molecule has 0 heterocycles. The predicted octanol–water partition coefficient (Wildman–Crippen LogP) is 2.09. The fourth-order valence-corrected chi connectivity index (χ4v) is 3.21. The minimum atomic E-state index is -0.256. The smallest absolute Gasteiger partial charge is 0.0638 e. The van der Waals surface area contributed by atoms with Crippen molar-refractivity contribution in [2.75, 3.05) is 20.1 Å². The number of rotatable bonds is 4. The van der Waals surface area contributed by atoms with Gasteiger partial charge in [0.15, 0.2) is 0 Å². The first kappa shape index (κ1) is 15.9. The Morgan fingerprint density at radius 3 is 2.44 bits per heavy atom. The van der Waals surface area contributed by atoms with Crippen LogP contribution in [0.25, 0.3) is 0 Å². The summed E-state index contributed by atoms with van der Waals surface area (Å²) in [6, 6.07) is 0.333. The van der Waals surface area contributed by atoms with Gasteiger partial charge in [-0.15, -0.1) is 0 Å². The average molecular weight is 256 g/mol. The van der Waals surface area contributed by atoms with Crippen LogP contribution in [-0.2, 0) is 0 Å². The molecule has 0 radical (unpaired) electrons. The van der Waals surface area contributed by atoms with Crippen LogP contribution >= 0.6 is 0 Å². The van der Waals surface area contributed by atoms with Crippen LogP contribution in [0.15, 0.2) is 0 Å². The van der Waals surface area contributed by atoms with Gasteiger partial charge in [-0.25, -0.2) is 0 Å². The fourth-order valence-electron chi connectivity index (χ4n) is 3.21. The Labute approximate surface area is 113 Å². The van der Waals surface area contributed by atoms with Crippen LogP contribution in [-0.4, -0.2) is 42.3 Å². The van der Waals surface area contributed by atoms with Gasteiger partial charge in [0.05, 0.1) is 6.10 Å². The zero-order valence-corrected chi connectivity index (χ0v) is 12.8. The predicted molar refractivity (Wildman–Crippen MR) is 77.4 cm³/mol. The maximum absolute atomic E-state index is 9.43. The van der Waals surface area contributed by atoms with Crippen molar-refractivity contribution in [1.29, 1.82) is 0 Å². The summed E-state index contributed by atoms with van der Waals surface area (Å²) in [4.78, 5) is 2.22. The van der Waals surface area contributed by atoms with E-state index in [9.17, 15) is 5.11 Å². The van der Waals surface area contributed by atoms with E-state index in [4.69, 9.17) is 5.73 Å². The summed E-state index contributed by atoms with van der Waals surface area (Å²) < 4.78 is 0. The van der Waals surface area contributed by atoms with Crippen LogP contribution in [0.2, 0.25) is 0 Å². The lowest BCUT2D eigenvalue weighted by atomic mass is 9.67. The third-order valence-electron chi connectivity index (χ3n) is 4.39. The number of aliphatic hydroxyl groups is 1. The zero-order chi connectivity index (χ0) is 13.9. The number of likely N-dealkylation sites (N-methyl/N-ethyl adjacent to an activating group) is 1. The molecule has 0 aromatic heterocycles. The molecule has 1 aliphatic carbocycles. The Kier molecular flexibility index (Phi) is 5.63. The summed E-state index contributed by atoms with van der Waals surface area (Å²) >= 11 is 0. The van der Waals surface area contributed by atoms with E-state index in [1.54, 1.807) is 0 Å². The van der Waals surface area contributed by atoms with E-state index >= 15 is 0 Å². The first-order valence-electron chi connectivity index (χ1n) is 7.32. The fraction of sp³-hybridized carbons (Fsp3) is 1.00. The van der Waals surface area contributed by atoms with Gasteiger partial charge in [-0.3, -0.25) is 0 Å². The molecule has 0 amide bonds. The third-order valence-corrected chi connectivity index (χ3v) is 4.39. The van der Waals surface area contributed by atoms with Crippen molar-refractivity contribution in [2.24, 2.45) is 23.0 Å². The summed E-state index contributed by atoms with van der Waals surface area (Å²) in [6.07, 6.45) is 3.39. The Morgan fingerprint density at radius 2 is 1.94 bits per heavy atom. The molecule has 1 saturated carbocycles. The molecule has 0 bridgehead atoms. The van der Waals surface area contributed by atoms with E-state index < -0.39 is 0 Å². The number of nitrogens with two attached hydrogens (primary N) is 1. The molecule has 0 saturated heterocycles. The van der Waals surface area contributed by atoms with Crippen molar-refractivity contribution in [1.82, 2.24) is 4.90 Å². The molecule has 3 heteroatoms. The summed E-state index contributed by atoms with van der Waals surface area (Å²) in [5, 5.41) is 9.43.